The molecule has 2 heteroatoms. The molecule has 0 aliphatic rings. The van der Waals surface area contributed by atoms with E-state index in [0.717, 1.165) is 11.3 Å². The maximum absolute atomic E-state index is 8.88. The topological polar surface area (TPSA) is 33.0 Å². The van der Waals surface area contributed by atoms with Crippen LogP contribution >= 0.6 is 0 Å². The molecule has 0 fully saturated rings. The van der Waals surface area contributed by atoms with Crippen molar-refractivity contribution in [3.05, 3.63) is 29.3 Å². The van der Waals surface area contributed by atoms with Crippen LogP contribution in [0.15, 0.2) is 18.2 Å². The van der Waals surface area contributed by atoms with Crippen molar-refractivity contribution in [2.45, 2.75) is 19.8 Å². The van der Waals surface area contributed by atoms with Gasteiger partial charge in [0.25, 0.3) is 0 Å². The van der Waals surface area contributed by atoms with Crippen LogP contribution in [0.4, 0.5) is 0 Å². The minimum Gasteiger partial charge on any atom is -0.497 e. The van der Waals surface area contributed by atoms with Crippen LogP contribution in [0.1, 0.15) is 30.9 Å². The fourth-order valence-electron chi connectivity index (χ4n) is 1.26. The van der Waals surface area contributed by atoms with Crippen molar-refractivity contribution in [1.29, 1.82) is 5.26 Å². The second kappa shape index (κ2) is 3.95. The van der Waals surface area contributed by atoms with Crippen molar-refractivity contribution >= 4 is 0 Å². The van der Waals surface area contributed by atoms with E-state index in [1.165, 1.54) is 0 Å². The third-order valence-electron chi connectivity index (χ3n) is 2.00. The van der Waals surface area contributed by atoms with Gasteiger partial charge in [-0.1, -0.05) is 19.9 Å². The van der Waals surface area contributed by atoms with Crippen molar-refractivity contribution in [2.75, 3.05) is 7.11 Å². The summed E-state index contributed by atoms with van der Waals surface area (Å²) in [6.07, 6.45) is 0. The molecule has 68 valence electrons. The van der Waals surface area contributed by atoms with Gasteiger partial charge in [0.1, 0.15) is 5.75 Å². The summed E-state index contributed by atoms with van der Waals surface area (Å²) in [7, 11) is 1.60. The van der Waals surface area contributed by atoms with E-state index in [-0.39, 0.29) is 0 Å². The number of rotatable bonds is 2. The Balaban J connectivity index is 3.18. The molecule has 0 radical (unpaired) electrons. The molecule has 0 unspecified atom stereocenters. The molecule has 0 amide bonds. The van der Waals surface area contributed by atoms with E-state index in [9.17, 15) is 0 Å². The molecule has 0 aliphatic carbocycles. The molecule has 1 aromatic rings. The van der Waals surface area contributed by atoms with Crippen molar-refractivity contribution in [3.63, 3.8) is 0 Å². The van der Waals surface area contributed by atoms with Gasteiger partial charge < -0.3 is 4.74 Å². The van der Waals surface area contributed by atoms with Crippen LogP contribution in [-0.2, 0) is 0 Å². The second-order valence-corrected chi connectivity index (χ2v) is 3.22. The van der Waals surface area contributed by atoms with Gasteiger partial charge in [0, 0.05) is 0 Å². The molecule has 2 nitrogen and oxygen atoms in total. The van der Waals surface area contributed by atoms with E-state index in [1.807, 2.05) is 12.1 Å². The standard InChI is InChI=1S/C11H13NO/c1-8(2)11-5-4-10(13-3)6-9(11)7-12/h4-6,8H,1-3H3. The Kier molecular flexibility index (Phi) is 2.92. The Morgan fingerprint density at radius 3 is 2.54 bits per heavy atom. The normalized spacial score (nSPS) is 9.77. The van der Waals surface area contributed by atoms with Crippen LogP contribution in [0.2, 0.25) is 0 Å². The van der Waals surface area contributed by atoms with E-state index in [0.29, 0.717) is 11.5 Å². The highest BCUT2D eigenvalue weighted by atomic mass is 16.5. The first-order valence-corrected chi connectivity index (χ1v) is 4.27. The van der Waals surface area contributed by atoms with Crippen LogP contribution < -0.4 is 4.74 Å². The minimum absolute atomic E-state index is 0.376. The Labute approximate surface area is 78.8 Å². The Hall–Kier alpha value is -1.49. The average Bonchev–Trinajstić information content (AvgIpc) is 2.16. The molecule has 0 N–H and O–H groups in total. The van der Waals surface area contributed by atoms with Crippen molar-refractivity contribution in [2.24, 2.45) is 0 Å². The van der Waals surface area contributed by atoms with Crippen LogP contribution in [0, 0.1) is 11.3 Å². The van der Waals surface area contributed by atoms with Crippen molar-refractivity contribution in [3.8, 4) is 11.8 Å². The van der Waals surface area contributed by atoms with Gasteiger partial charge in [-0.15, -0.1) is 0 Å². The number of nitriles is 1. The minimum atomic E-state index is 0.376. The average molecular weight is 175 g/mol. The number of hydrogen-bond donors (Lipinski definition) is 0. The third-order valence-corrected chi connectivity index (χ3v) is 2.00. The molecular weight excluding hydrogens is 162 g/mol. The van der Waals surface area contributed by atoms with E-state index in [2.05, 4.69) is 19.9 Å². The smallest absolute Gasteiger partial charge is 0.120 e. The molecule has 0 atom stereocenters. The van der Waals surface area contributed by atoms with E-state index >= 15 is 0 Å². The van der Waals surface area contributed by atoms with Crippen LogP contribution in [-0.4, -0.2) is 7.11 Å². The third kappa shape index (κ3) is 2.00. The molecule has 0 saturated heterocycles. The fraction of sp³-hybridized carbons (Fsp3) is 0.364. The first-order chi connectivity index (χ1) is 6.19. The second-order valence-electron chi connectivity index (χ2n) is 3.22. The molecule has 0 saturated carbocycles. The molecule has 13 heavy (non-hydrogen) atoms. The highest BCUT2D eigenvalue weighted by Crippen LogP contribution is 2.23. The number of nitrogens with zero attached hydrogens (tertiary/aromatic N) is 1. The predicted molar refractivity (Wildman–Crippen MR) is 51.8 cm³/mol. The summed E-state index contributed by atoms with van der Waals surface area (Å²) >= 11 is 0. The zero-order valence-corrected chi connectivity index (χ0v) is 8.16. The van der Waals surface area contributed by atoms with Gasteiger partial charge in [-0.25, -0.2) is 0 Å². The summed E-state index contributed by atoms with van der Waals surface area (Å²) in [5.41, 5.74) is 1.78. The van der Waals surface area contributed by atoms with E-state index in [4.69, 9.17) is 10.00 Å². The molecule has 1 rings (SSSR count). The molecule has 1 aromatic carbocycles. The van der Waals surface area contributed by atoms with Crippen molar-refractivity contribution in [1.82, 2.24) is 0 Å². The zero-order valence-electron chi connectivity index (χ0n) is 8.16. The van der Waals surface area contributed by atoms with E-state index < -0.39 is 0 Å². The molecule has 0 aromatic heterocycles. The zero-order chi connectivity index (χ0) is 9.84. The number of ether oxygens (including phenoxy) is 1. The van der Waals surface area contributed by atoms with Gasteiger partial charge in [-0.05, 0) is 23.6 Å². The molecule has 0 spiro atoms. The highest BCUT2D eigenvalue weighted by molar-refractivity contribution is 5.44. The largest absolute Gasteiger partial charge is 0.497 e. The summed E-state index contributed by atoms with van der Waals surface area (Å²) in [6, 6.07) is 7.78. The number of methoxy groups -OCH3 is 1. The van der Waals surface area contributed by atoms with Crippen LogP contribution in [0.3, 0.4) is 0 Å². The lowest BCUT2D eigenvalue weighted by atomic mass is 9.98. The van der Waals surface area contributed by atoms with Gasteiger partial charge in [0.15, 0.2) is 0 Å². The molecule has 0 aliphatic heterocycles. The molecular formula is C11H13NO. The van der Waals surface area contributed by atoms with Gasteiger partial charge in [-0.2, -0.15) is 5.26 Å². The Bertz CT molecular complexity index is 336. The molecule has 0 bridgehead atoms. The quantitative estimate of drug-likeness (QED) is 0.692. The lowest BCUT2D eigenvalue weighted by Crippen LogP contribution is -1.93. The van der Waals surface area contributed by atoms with Gasteiger partial charge in [0.2, 0.25) is 0 Å². The van der Waals surface area contributed by atoms with Crippen LogP contribution in [0.25, 0.3) is 0 Å². The van der Waals surface area contributed by atoms with Gasteiger partial charge in [-0.3, -0.25) is 0 Å². The summed E-state index contributed by atoms with van der Waals surface area (Å²) in [5.74, 6) is 1.11. The molecule has 0 heterocycles. The van der Waals surface area contributed by atoms with Crippen molar-refractivity contribution < 1.29 is 4.74 Å². The lowest BCUT2D eigenvalue weighted by Gasteiger charge is -2.08. The maximum atomic E-state index is 8.88. The summed E-state index contributed by atoms with van der Waals surface area (Å²) in [6.45, 7) is 4.14. The SMILES string of the molecule is COc1ccc(C(C)C)c(C#N)c1. The number of benzene rings is 1. The summed E-state index contributed by atoms with van der Waals surface area (Å²) < 4.78 is 5.04. The Morgan fingerprint density at radius 1 is 1.38 bits per heavy atom. The van der Waals surface area contributed by atoms with E-state index in [1.54, 1.807) is 13.2 Å². The van der Waals surface area contributed by atoms with Crippen LogP contribution in [0.5, 0.6) is 5.75 Å². The highest BCUT2D eigenvalue weighted by Gasteiger charge is 2.06. The van der Waals surface area contributed by atoms with Gasteiger partial charge >= 0.3 is 0 Å². The maximum Gasteiger partial charge on any atom is 0.120 e. The lowest BCUT2D eigenvalue weighted by molar-refractivity contribution is 0.414. The fourth-order valence-corrected chi connectivity index (χ4v) is 1.26. The first-order valence-electron chi connectivity index (χ1n) is 4.27. The predicted octanol–water partition coefficient (Wildman–Crippen LogP) is 2.69. The summed E-state index contributed by atoms with van der Waals surface area (Å²) in [5, 5.41) is 8.88. The Morgan fingerprint density at radius 2 is 2.08 bits per heavy atom. The summed E-state index contributed by atoms with van der Waals surface area (Å²) in [4.78, 5) is 0. The first kappa shape index (κ1) is 9.60. The monoisotopic (exact) mass is 175 g/mol. The number of hydrogen-bond acceptors (Lipinski definition) is 2. The van der Waals surface area contributed by atoms with Gasteiger partial charge in [0.05, 0.1) is 18.7 Å².